The first-order valence-corrected chi connectivity index (χ1v) is 3.54. The van der Waals surface area contributed by atoms with Gasteiger partial charge >= 0.3 is 0 Å². The van der Waals surface area contributed by atoms with E-state index in [1.165, 1.54) is 0 Å². The number of rotatable bonds is 3. The number of aromatic nitrogens is 1. The van der Waals surface area contributed by atoms with Gasteiger partial charge in [0.15, 0.2) is 0 Å². The first-order chi connectivity index (χ1) is 6.25. The number of hydrogen-bond donors (Lipinski definition) is 0. The van der Waals surface area contributed by atoms with Crippen LogP contribution in [0.2, 0.25) is 0 Å². The normalized spacial score (nSPS) is 9.38. The molecular weight excluding hydrogens is 178 g/mol. The van der Waals surface area contributed by atoms with E-state index >= 15 is 0 Å². The summed E-state index contributed by atoms with van der Waals surface area (Å²) in [5.41, 5.74) is 7.85. The van der Waals surface area contributed by atoms with Crippen molar-refractivity contribution in [2.45, 2.75) is 6.42 Å². The van der Waals surface area contributed by atoms with Gasteiger partial charge in [-0.3, -0.25) is 4.98 Å². The first-order valence-electron chi connectivity index (χ1n) is 3.54. The van der Waals surface area contributed by atoms with Crippen LogP contribution in [0.25, 0.3) is 10.4 Å². The molecule has 1 aromatic heterocycles. The molecule has 0 aliphatic rings. The van der Waals surface area contributed by atoms with Crippen molar-refractivity contribution in [1.29, 1.82) is 0 Å². The highest BCUT2D eigenvalue weighted by Crippen LogP contribution is 2.10. The van der Waals surface area contributed by atoms with Crippen LogP contribution in [0.4, 0.5) is 8.78 Å². The van der Waals surface area contributed by atoms with E-state index in [0.717, 1.165) is 12.4 Å². The highest BCUT2D eigenvalue weighted by molar-refractivity contribution is 5.15. The summed E-state index contributed by atoms with van der Waals surface area (Å²) in [6, 6.07) is 0. The fourth-order valence-corrected chi connectivity index (χ4v) is 0.883. The molecule has 0 spiro atoms. The van der Waals surface area contributed by atoms with Crippen LogP contribution < -0.4 is 0 Å². The second kappa shape index (κ2) is 4.37. The predicted octanol–water partition coefficient (Wildman–Crippen LogP) is 2.21. The van der Waals surface area contributed by atoms with Crippen molar-refractivity contribution in [3.63, 3.8) is 0 Å². The Balaban J connectivity index is 2.80. The number of halogens is 2. The summed E-state index contributed by atoms with van der Waals surface area (Å²) in [4.78, 5) is 5.79. The molecule has 1 aromatic rings. The maximum atomic E-state index is 12.8. The fraction of sp³-hybridized carbons (Fsp3) is 0.286. The Hall–Kier alpha value is -1.68. The maximum Gasteiger partial charge on any atom is 0.147 e. The molecule has 1 rings (SSSR count). The molecule has 0 radical (unpaired) electrons. The zero-order chi connectivity index (χ0) is 9.68. The molecule has 13 heavy (non-hydrogen) atoms. The Labute approximate surface area is 72.8 Å². The number of nitrogens with zero attached hydrogens (tertiary/aromatic N) is 4. The fourth-order valence-electron chi connectivity index (χ4n) is 0.883. The zero-order valence-electron chi connectivity index (χ0n) is 6.61. The van der Waals surface area contributed by atoms with Gasteiger partial charge in [-0.05, 0) is 12.0 Å². The van der Waals surface area contributed by atoms with Crippen LogP contribution in [0.5, 0.6) is 0 Å². The van der Waals surface area contributed by atoms with E-state index in [4.69, 9.17) is 5.53 Å². The van der Waals surface area contributed by atoms with E-state index in [-0.39, 0.29) is 18.5 Å². The van der Waals surface area contributed by atoms with Gasteiger partial charge in [-0.2, -0.15) is 0 Å². The first kappa shape index (κ1) is 9.41. The summed E-state index contributed by atoms with van der Waals surface area (Å²) in [7, 11) is 0. The van der Waals surface area contributed by atoms with Crippen molar-refractivity contribution in [2.75, 3.05) is 6.54 Å². The lowest BCUT2D eigenvalue weighted by molar-refractivity contribution is 0.546. The smallest absolute Gasteiger partial charge is 0.147 e. The molecule has 0 saturated heterocycles. The van der Waals surface area contributed by atoms with Gasteiger partial charge in [0.05, 0.1) is 12.4 Å². The third-order valence-electron chi connectivity index (χ3n) is 1.48. The van der Waals surface area contributed by atoms with Gasteiger partial charge in [-0.1, -0.05) is 5.11 Å². The monoisotopic (exact) mass is 184 g/mol. The molecule has 68 valence electrons. The van der Waals surface area contributed by atoms with Crippen LogP contribution in [-0.4, -0.2) is 11.5 Å². The molecule has 0 atom stereocenters. The van der Waals surface area contributed by atoms with Crippen LogP contribution in [-0.2, 0) is 6.42 Å². The molecule has 0 aliphatic carbocycles. The second-order valence-corrected chi connectivity index (χ2v) is 2.29. The van der Waals surface area contributed by atoms with Crippen LogP contribution in [0.1, 0.15) is 5.56 Å². The molecule has 0 bridgehead atoms. The van der Waals surface area contributed by atoms with Crippen molar-refractivity contribution in [2.24, 2.45) is 5.11 Å². The summed E-state index contributed by atoms with van der Waals surface area (Å²) in [5, 5.41) is 3.18. The minimum atomic E-state index is -0.715. The van der Waals surface area contributed by atoms with Crippen molar-refractivity contribution in [3.8, 4) is 0 Å². The molecule has 0 unspecified atom stereocenters. The largest absolute Gasteiger partial charge is 0.259 e. The molecular formula is C7H6F2N4. The summed E-state index contributed by atoms with van der Waals surface area (Å²) in [6.45, 7) is 0.0361. The quantitative estimate of drug-likeness (QED) is 0.403. The van der Waals surface area contributed by atoms with Crippen LogP contribution in [0.3, 0.4) is 0 Å². The van der Waals surface area contributed by atoms with Crippen molar-refractivity contribution in [1.82, 2.24) is 4.98 Å². The molecule has 0 amide bonds. The van der Waals surface area contributed by atoms with Gasteiger partial charge < -0.3 is 0 Å². The summed E-state index contributed by atoms with van der Waals surface area (Å²) >= 11 is 0. The van der Waals surface area contributed by atoms with Crippen LogP contribution in [0, 0.1) is 11.6 Å². The van der Waals surface area contributed by atoms with Crippen molar-refractivity contribution in [3.05, 3.63) is 40.0 Å². The van der Waals surface area contributed by atoms with Gasteiger partial charge in [0.1, 0.15) is 11.6 Å². The topological polar surface area (TPSA) is 61.7 Å². The predicted molar refractivity (Wildman–Crippen MR) is 41.9 cm³/mol. The average Bonchev–Trinajstić information content (AvgIpc) is 2.10. The number of hydrogen-bond acceptors (Lipinski definition) is 2. The van der Waals surface area contributed by atoms with E-state index in [0.29, 0.717) is 0 Å². The Morgan fingerprint density at radius 3 is 2.54 bits per heavy atom. The Bertz CT molecular complexity index is 326. The maximum absolute atomic E-state index is 12.8. The summed E-state index contributed by atoms with van der Waals surface area (Å²) in [5.74, 6) is -1.43. The summed E-state index contributed by atoms with van der Waals surface area (Å²) < 4.78 is 25.7. The van der Waals surface area contributed by atoms with Crippen LogP contribution >= 0.6 is 0 Å². The van der Waals surface area contributed by atoms with E-state index in [1.54, 1.807) is 0 Å². The molecule has 0 aromatic carbocycles. The van der Waals surface area contributed by atoms with Gasteiger partial charge in [-0.25, -0.2) is 8.78 Å². The van der Waals surface area contributed by atoms with Gasteiger partial charge in [-0.15, -0.1) is 0 Å². The number of pyridine rings is 1. The van der Waals surface area contributed by atoms with E-state index < -0.39 is 11.6 Å². The van der Waals surface area contributed by atoms with E-state index in [1.807, 2.05) is 0 Å². The Morgan fingerprint density at radius 2 is 2.00 bits per heavy atom. The van der Waals surface area contributed by atoms with Crippen molar-refractivity contribution >= 4 is 0 Å². The Kier molecular flexibility index (Phi) is 3.16. The zero-order valence-corrected chi connectivity index (χ0v) is 6.61. The Morgan fingerprint density at radius 1 is 1.38 bits per heavy atom. The highest BCUT2D eigenvalue weighted by Gasteiger charge is 2.07. The average molecular weight is 184 g/mol. The standard InChI is InChI=1S/C7H6F2N4/c8-6-3-11-4-7(9)5(6)1-2-12-13-10/h3-4H,1-2H2. The molecule has 4 nitrogen and oxygen atoms in total. The lowest BCUT2D eigenvalue weighted by atomic mass is 10.2. The van der Waals surface area contributed by atoms with E-state index in [9.17, 15) is 8.78 Å². The third kappa shape index (κ3) is 2.38. The molecule has 0 N–H and O–H groups in total. The van der Waals surface area contributed by atoms with Gasteiger partial charge in [0, 0.05) is 17.0 Å². The molecule has 0 fully saturated rings. The molecule has 1 heterocycles. The SMILES string of the molecule is [N-]=[N+]=NCCc1c(F)cncc1F. The van der Waals surface area contributed by atoms with Gasteiger partial charge in [0.25, 0.3) is 0 Å². The molecule has 0 aliphatic heterocycles. The highest BCUT2D eigenvalue weighted by atomic mass is 19.1. The van der Waals surface area contributed by atoms with Crippen LogP contribution in [0.15, 0.2) is 17.5 Å². The second-order valence-electron chi connectivity index (χ2n) is 2.29. The minimum Gasteiger partial charge on any atom is -0.259 e. The third-order valence-corrected chi connectivity index (χ3v) is 1.48. The van der Waals surface area contributed by atoms with Crippen molar-refractivity contribution < 1.29 is 8.78 Å². The lowest BCUT2D eigenvalue weighted by Crippen LogP contribution is -1.98. The lowest BCUT2D eigenvalue weighted by Gasteiger charge is -2.00. The number of azide groups is 1. The van der Waals surface area contributed by atoms with E-state index in [2.05, 4.69) is 15.0 Å². The summed E-state index contributed by atoms with van der Waals surface area (Å²) in [6.07, 6.45) is 1.90. The minimum absolute atomic E-state index is 0.0361. The molecule has 0 saturated carbocycles. The van der Waals surface area contributed by atoms with Gasteiger partial charge in [0.2, 0.25) is 0 Å². The molecule has 6 heteroatoms.